The standard InChI is InChI=1S/C19H28N2O4S/c1-19(2,3)25-17(22)20-10-11-21(16(12-20)14-26-4)18(23)24-13-15-8-6-5-7-9-15/h5-9,16H,10-14H2,1-4H3/t16-/m1/s1. The molecule has 0 aromatic heterocycles. The van der Waals surface area contributed by atoms with Crippen molar-refractivity contribution in [2.75, 3.05) is 31.6 Å². The van der Waals surface area contributed by atoms with Crippen molar-refractivity contribution in [2.24, 2.45) is 0 Å². The number of piperazine rings is 1. The first kappa shape index (κ1) is 20.4. The SMILES string of the molecule is CSC[C@H]1CN(C(=O)OC(C)(C)C)CCN1C(=O)OCc1ccccc1. The molecular weight excluding hydrogens is 352 g/mol. The van der Waals surface area contributed by atoms with Gasteiger partial charge in [0.2, 0.25) is 0 Å². The predicted molar refractivity (Wildman–Crippen MR) is 103 cm³/mol. The van der Waals surface area contributed by atoms with Gasteiger partial charge in [0.05, 0.1) is 6.04 Å². The van der Waals surface area contributed by atoms with Gasteiger partial charge in [0.25, 0.3) is 0 Å². The van der Waals surface area contributed by atoms with Gasteiger partial charge in [-0.15, -0.1) is 0 Å². The zero-order chi connectivity index (χ0) is 19.2. The maximum absolute atomic E-state index is 12.5. The Balaban J connectivity index is 1.94. The van der Waals surface area contributed by atoms with Crippen molar-refractivity contribution in [3.63, 3.8) is 0 Å². The molecule has 1 aliphatic rings. The molecule has 26 heavy (non-hydrogen) atoms. The van der Waals surface area contributed by atoms with E-state index in [1.54, 1.807) is 21.6 Å². The second-order valence-electron chi connectivity index (χ2n) is 7.27. The van der Waals surface area contributed by atoms with E-state index in [2.05, 4.69) is 0 Å². The summed E-state index contributed by atoms with van der Waals surface area (Å²) in [5, 5.41) is 0. The fraction of sp³-hybridized carbons (Fsp3) is 0.579. The topological polar surface area (TPSA) is 59.1 Å². The first-order chi connectivity index (χ1) is 12.3. The summed E-state index contributed by atoms with van der Waals surface area (Å²) >= 11 is 1.64. The molecule has 0 radical (unpaired) electrons. The third-order valence-electron chi connectivity index (χ3n) is 3.93. The summed E-state index contributed by atoms with van der Waals surface area (Å²) in [6.45, 7) is 7.14. The number of hydrogen-bond acceptors (Lipinski definition) is 5. The second-order valence-corrected chi connectivity index (χ2v) is 8.18. The van der Waals surface area contributed by atoms with E-state index in [-0.39, 0.29) is 24.8 Å². The Morgan fingerprint density at radius 1 is 1.15 bits per heavy atom. The minimum atomic E-state index is -0.530. The molecular formula is C19H28N2O4S. The molecule has 1 saturated heterocycles. The number of carbonyl (C=O) groups is 2. The summed E-state index contributed by atoms with van der Waals surface area (Å²) in [5.74, 6) is 0.736. The lowest BCUT2D eigenvalue weighted by molar-refractivity contribution is 0.00383. The maximum atomic E-state index is 12.5. The molecule has 1 aliphatic heterocycles. The van der Waals surface area contributed by atoms with E-state index in [9.17, 15) is 9.59 Å². The number of rotatable bonds is 4. The smallest absolute Gasteiger partial charge is 0.410 e. The van der Waals surface area contributed by atoms with Crippen LogP contribution in [0.15, 0.2) is 30.3 Å². The van der Waals surface area contributed by atoms with Crippen molar-refractivity contribution in [3.8, 4) is 0 Å². The van der Waals surface area contributed by atoms with E-state index < -0.39 is 5.60 Å². The molecule has 1 aromatic rings. The van der Waals surface area contributed by atoms with Crippen LogP contribution in [-0.2, 0) is 16.1 Å². The summed E-state index contributed by atoms with van der Waals surface area (Å²) < 4.78 is 10.9. The maximum Gasteiger partial charge on any atom is 0.410 e. The average molecular weight is 381 g/mol. The number of carbonyl (C=O) groups excluding carboxylic acids is 2. The molecule has 1 atom stereocenters. The minimum absolute atomic E-state index is 0.0884. The van der Waals surface area contributed by atoms with E-state index >= 15 is 0 Å². The molecule has 0 bridgehead atoms. The van der Waals surface area contributed by atoms with Gasteiger partial charge in [0.15, 0.2) is 0 Å². The lowest BCUT2D eigenvalue weighted by atomic mass is 10.2. The summed E-state index contributed by atoms with van der Waals surface area (Å²) in [7, 11) is 0. The van der Waals surface area contributed by atoms with Crippen LogP contribution >= 0.6 is 11.8 Å². The van der Waals surface area contributed by atoms with Crippen LogP contribution < -0.4 is 0 Å². The van der Waals surface area contributed by atoms with Crippen LogP contribution in [0.5, 0.6) is 0 Å². The van der Waals surface area contributed by atoms with Crippen molar-refractivity contribution < 1.29 is 19.1 Å². The molecule has 1 heterocycles. The Labute approximate surface area is 159 Å². The van der Waals surface area contributed by atoms with Gasteiger partial charge >= 0.3 is 12.2 Å². The van der Waals surface area contributed by atoms with Gasteiger partial charge in [0, 0.05) is 25.4 Å². The molecule has 0 aliphatic carbocycles. The van der Waals surface area contributed by atoms with E-state index in [1.165, 1.54) is 0 Å². The first-order valence-electron chi connectivity index (χ1n) is 8.74. The van der Waals surface area contributed by atoms with Gasteiger partial charge in [-0.05, 0) is 32.6 Å². The summed E-state index contributed by atoms with van der Waals surface area (Å²) in [5.41, 5.74) is 0.423. The Bertz CT molecular complexity index is 603. The largest absolute Gasteiger partial charge is 0.445 e. The Morgan fingerprint density at radius 3 is 2.46 bits per heavy atom. The lowest BCUT2D eigenvalue weighted by Gasteiger charge is -2.40. The van der Waals surface area contributed by atoms with E-state index in [4.69, 9.17) is 9.47 Å². The van der Waals surface area contributed by atoms with Crippen molar-refractivity contribution in [1.29, 1.82) is 0 Å². The number of hydrogen-bond donors (Lipinski definition) is 0. The number of amides is 2. The van der Waals surface area contributed by atoms with E-state index in [1.807, 2.05) is 57.4 Å². The Morgan fingerprint density at radius 2 is 1.85 bits per heavy atom. The summed E-state index contributed by atoms with van der Waals surface area (Å²) in [6, 6.07) is 9.52. The highest BCUT2D eigenvalue weighted by atomic mass is 32.2. The highest BCUT2D eigenvalue weighted by Crippen LogP contribution is 2.18. The van der Waals surface area contributed by atoms with Crippen LogP contribution in [0.3, 0.4) is 0 Å². The fourth-order valence-corrected chi connectivity index (χ4v) is 3.40. The van der Waals surface area contributed by atoms with Gasteiger partial charge < -0.3 is 19.3 Å². The van der Waals surface area contributed by atoms with Gasteiger partial charge in [-0.3, -0.25) is 0 Å². The highest BCUT2D eigenvalue weighted by molar-refractivity contribution is 7.98. The van der Waals surface area contributed by atoms with Crippen molar-refractivity contribution in [2.45, 2.75) is 39.0 Å². The number of nitrogens with zero attached hydrogens (tertiary/aromatic N) is 2. The van der Waals surface area contributed by atoms with E-state index in [0.29, 0.717) is 19.6 Å². The number of thioether (sulfide) groups is 1. The van der Waals surface area contributed by atoms with Gasteiger partial charge in [-0.25, -0.2) is 9.59 Å². The van der Waals surface area contributed by atoms with Gasteiger partial charge in [-0.1, -0.05) is 30.3 Å². The molecule has 1 fully saturated rings. The van der Waals surface area contributed by atoms with Crippen LogP contribution in [0.4, 0.5) is 9.59 Å². The summed E-state index contributed by atoms with van der Waals surface area (Å²) in [6.07, 6.45) is 1.32. The van der Waals surface area contributed by atoms with E-state index in [0.717, 1.165) is 11.3 Å². The van der Waals surface area contributed by atoms with Crippen LogP contribution in [0.1, 0.15) is 26.3 Å². The molecule has 1 aromatic carbocycles. The first-order valence-corrected chi connectivity index (χ1v) is 10.1. The van der Waals surface area contributed by atoms with Gasteiger partial charge in [-0.2, -0.15) is 11.8 Å². The molecule has 0 unspecified atom stereocenters. The third-order valence-corrected chi connectivity index (χ3v) is 4.65. The average Bonchev–Trinajstić information content (AvgIpc) is 2.59. The van der Waals surface area contributed by atoms with Crippen LogP contribution in [0, 0.1) is 0 Å². The molecule has 0 saturated carbocycles. The zero-order valence-electron chi connectivity index (χ0n) is 15.9. The molecule has 0 spiro atoms. The normalized spacial score (nSPS) is 17.8. The number of benzene rings is 1. The molecule has 2 amide bonds. The van der Waals surface area contributed by atoms with Crippen LogP contribution in [0.25, 0.3) is 0 Å². The molecule has 6 nitrogen and oxygen atoms in total. The lowest BCUT2D eigenvalue weighted by Crippen LogP contribution is -2.58. The molecule has 0 N–H and O–H groups in total. The quantitative estimate of drug-likeness (QED) is 0.799. The zero-order valence-corrected chi connectivity index (χ0v) is 16.8. The van der Waals surface area contributed by atoms with Gasteiger partial charge in [0.1, 0.15) is 12.2 Å². The van der Waals surface area contributed by atoms with Crippen molar-refractivity contribution in [3.05, 3.63) is 35.9 Å². The minimum Gasteiger partial charge on any atom is -0.445 e. The van der Waals surface area contributed by atoms with Crippen LogP contribution in [-0.4, -0.2) is 65.3 Å². The van der Waals surface area contributed by atoms with Crippen molar-refractivity contribution in [1.82, 2.24) is 9.80 Å². The Hall–Kier alpha value is -1.89. The Kier molecular flexibility index (Phi) is 7.20. The second kappa shape index (κ2) is 9.16. The van der Waals surface area contributed by atoms with Crippen LogP contribution in [0.2, 0.25) is 0 Å². The summed E-state index contributed by atoms with van der Waals surface area (Å²) in [4.78, 5) is 28.2. The number of ether oxygens (including phenoxy) is 2. The fourth-order valence-electron chi connectivity index (χ4n) is 2.73. The monoisotopic (exact) mass is 380 g/mol. The molecule has 144 valence electrons. The van der Waals surface area contributed by atoms with Crippen molar-refractivity contribution >= 4 is 23.9 Å². The molecule has 7 heteroatoms. The highest BCUT2D eigenvalue weighted by Gasteiger charge is 2.34. The molecule has 2 rings (SSSR count). The third kappa shape index (κ3) is 6.12. The predicted octanol–water partition coefficient (Wildman–Crippen LogP) is 3.61.